The molecule has 2 aromatic carbocycles. The lowest BCUT2D eigenvalue weighted by Gasteiger charge is -2.36. The fourth-order valence-corrected chi connectivity index (χ4v) is 6.42. The molecular formula is C40H47N9O9S. The average Bonchev–Trinajstić information content (AvgIpc) is 3.69. The standard InChI is InChI=1S/C40H47N9O9S/c1-23-26(20-41-36(53)56-38(2,3)4)47-49(46-23)21-27-29(32(50)42-27)44-33(51)30(28-22-59-35(43-28)45-37(54)57-39(5,6)7)48-58-40(18-19-40)34(52)55-31(24-14-10-8-11-15-24)25-16-12-9-13-17-25/h8-17,22,27,29,31H,18-21H2,1-7H3,(H,41,53)(H,42,50)(H,44,51)(H,43,45,54)/t27-,29+/m1/s1. The third-order valence-electron chi connectivity index (χ3n) is 8.76. The summed E-state index contributed by atoms with van der Waals surface area (Å²) in [6.45, 7) is 12.3. The lowest BCUT2D eigenvalue weighted by molar-refractivity contribution is -0.164. The molecule has 0 spiro atoms. The molecule has 19 heteroatoms. The van der Waals surface area contributed by atoms with Crippen LogP contribution in [0, 0.1) is 6.92 Å². The van der Waals surface area contributed by atoms with E-state index in [9.17, 15) is 24.0 Å². The Hall–Kier alpha value is -6.37. The molecular weight excluding hydrogens is 783 g/mol. The number of nitrogens with zero attached hydrogens (tertiary/aromatic N) is 5. The SMILES string of the molecule is Cc1nn(C[C@H]2NC(=O)[C@H]2NC(=O)C(=NOC2(C(=O)OC(c3ccccc3)c3ccccc3)CC2)c2csc(NC(=O)OC(C)(C)C)n2)nc1CNC(=O)OC(C)(C)C. The quantitative estimate of drug-likeness (QED) is 0.0447. The second-order valence-corrected chi connectivity index (χ2v) is 16.9. The maximum absolute atomic E-state index is 14.0. The Bertz CT molecular complexity index is 2170. The highest BCUT2D eigenvalue weighted by Gasteiger charge is 2.56. The van der Waals surface area contributed by atoms with E-state index in [1.807, 2.05) is 60.7 Å². The van der Waals surface area contributed by atoms with Crippen LogP contribution < -0.4 is 21.3 Å². The van der Waals surface area contributed by atoms with Crippen molar-refractivity contribution >= 4 is 52.2 Å². The molecule has 4 N–H and O–H groups in total. The lowest BCUT2D eigenvalue weighted by atomic mass is 9.98. The molecule has 2 fully saturated rings. The van der Waals surface area contributed by atoms with Crippen LogP contribution in [0.5, 0.6) is 0 Å². The number of carbonyl (C=O) groups is 5. The maximum Gasteiger partial charge on any atom is 0.413 e. The van der Waals surface area contributed by atoms with Gasteiger partial charge in [-0.25, -0.2) is 19.4 Å². The third kappa shape index (κ3) is 11.2. The van der Waals surface area contributed by atoms with E-state index in [4.69, 9.17) is 19.0 Å². The molecule has 1 saturated heterocycles. The number of oxime groups is 1. The van der Waals surface area contributed by atoms with E-state index >= 15 is 0 Å². The number of β-lactam (4-membered cyclic amide) rings is 1. The van der Waals surface area contributed by atoms with Crippen LogP contribution in [0.4, 0.5) is 14.7 Å². The average molecular weight is 830 g/mol. The molecule has 2 aliphatic rings. The number of carbonyl (C=O) groups excluding carboxylic acids is 5. The second-order valence-electron chi connectivity index (χ2n) is 16.0. The van der Waals surface area contributed by atoms with Gasteiger partial charge in [0.15, 0.2) is 16.9 Å². The largest absolute Gasteiger partial charge is 0.450 e. The second kappa shape index (κ2) is 17.2. The minimum atomic E-state index is -1.49. The number of esters is 1. The number of thiazole rings is 1. The molecule has 2 atom stereocenters. The lowest BCUT2D eigenvalue weighted by Crippen LogP contribution is -2.70. The summed E-state index contributed by atoms with van der Waals surface area (Å²) in [4.78, 5) is 76.9. The molecule has 1 aliphatic heterocycles. The van der Waals surface area contributed by atoms with Crippen LogP contribution in [0.3, 0.4) is 0 Å². The first kappa shape index (κ1) is 42.2. The van der Waals surface area contributed by atoms with Crippen molar-refractivity contribution in [1.82, 2.24) is 35.9 Å². The van der Waals surface area contributed by atoms with Crippen molar-refractivity contribution in [3.8, 4) is 0 Å². The van der Waals surface area contributed by atoms with Gasteiger partial charge in [0.25, 0.3) is 5.91 Å². The van der Waals surface area contributed by atoms with Gasteiger partial charge in [0.2, 0.25) is 11.5 Å². The zero-order valence-corrected chi connectivity index (χ0v) is 34.5. The Morgan fingerprint density at radius 3 is 2.12 bits per heavy atom. The van der Waals surface area contributed by atoms with Gasteiger partial charge in [-0.2, -0.15) is 15.0 Å². The minimum Gasteiger partial charge on any atom is -0.450 e. The molecule has 4 aromatic rings. The number of hydrogen-bond acceptors (Lipinski definition) is 14. The van der Waals surface area contributed by atoms with Gasteiger partial charge in [0.1, 0.15) is 28.6 Å². The fraction of sp³-hybridized carbons (Fsp3) is 0.425. The predicted octanol–water partition coefficient (Wildman–Crippen LogP) is 4.68. The molecule has 6 rings (SSSR count). The first-order valence-corrected chi connectivity index (χ1v) is 19.8. The predicted molar refractivity (Wildman–Crippen MR) is 214 cm³/mol. The molecule has 4 amide bonds. The minimum absolute atomic E-state index is 0.00282. The highest BCUT2D eigenvalue weighted by molar-refractivity contribution is 7.14. The van der Waals surface area contributed by atoms with E-state index in [1.165, 1.54) is 10.2 Å². The van der Waals surface area contributed by atoms with Crippen molar-refractivity contribution in [2.75, 3.05) is 5.32 Å². The van der Waals surface area contributed by atoms with Crippen molar-refractivity contribution in [2.24, 2.45) is 5.16 Å². The highest BCUT2D eigenvalue weighted by Crippen LogP contribution is 2.43. The van der Waals surface area contributed by atoms with Crippen LogP contribution in [-0.2, 0) is 46.5 Å². The van der Waals surface area contributed by atoms with Crippen LogP contribution in [0.2, 0.25) is 0 Å². The van der Waals surface area contributed by atoms with E-state index in [0.717, 1.165) is 22.5 Å². The van der Waals surface area contributed by atoms with Gasteiger partial charge in [0.05, 0.1) is 24.8 Å². The topological polar surface area (TPSA) is 226 Å². The highest BCUT2D eigenvalue weighted by atomic mass is 32.1. The summed E-state index contributed by atoms with van der Waals surface area (Å²) in [6, 6.07) is 16.9. The zero-order valence-electron chi connectivity index (χ0n) is 33.7. The molecule has 0 bridgehead atoms. The van der Waals surface area contributed by atoms with Crippen LogP contribution >= 0.6 is 11.3 Å². The molecule has 0 radical (unpaired) electrons. The molecule has 3 heterocycles. The number of nitrogens with one attached hydrogen (secondary N) is 4. The third-order valence-corrected chi connectivity index (χ3v) is 9.52. The number of benzene rings is 2. The Kier molecular flexibility index (Phi) is 12.3. The first-order chi connectivity index (χ1) is 27.9. The number of hydrogen-bond donors (Lipinski definition) is 4. The van der Waals surface area contributed by atoms with Crippen LogP contribution in [-0.4, -0.2) is 84.5 Å². The number of rotatable bonds is 14. The van der Waals surface area contributed by atoms with E-state index < -0.39 is 65.0 Å². The van der Waals surface area contributed by atoms with Gasteiger partial charge in [0, 0.05) is 18.2 Å². The Morgan fingerprint density at radius 2 is 1.54 bits per heavy atom. The summed E-state index contributed by atoms with van der Waals surface area (Å²) in [5.41, 5.74) is -0.767. The van der Waals surface area contributed by atoms with E-state index in [-0.39, 0.29) is 42.5 Å². The number of anilines is 1. The number of aromatic nitrogens is 4. The van der Waals surface area contributed by atoms with Crippen LogP contribution in [0.25, 0.3) is 0 Å². The molecule has 1 aliphatic carbocycles. The van der Waals surface area contributed by atoms with Crippen molar-refractivity contribution in [3.05, 3.63) is 94.3 Å². The summed E-state index contributed by atoms with van der Waals surface area (Å²) in [5.74, 6) is -1.99. The Morgan fingerprint density at radius 1 is 0.932 bits per heavy atom. The molecule has 1 saturated carbocycles. The Labute approximate surface area is 344 Å². The summed E-state index contributed by atoms with van der Waals surface area (Å²) in [7, 11) is 0. The van der Waals surface area contributed by atoms with E-state index in [0.29, 0.717) is 11.4 Å². The molecule has 18 nitrogen and oxygen atoms in total. The van der Waals surface area contributed by atoms with Gasteiger partial charge < -0.3 is 35.0 Å². The number of alkyl carbamates (subject to hydrolysis) is 1. The Balaban J connectivity index is 1.19. The van der Waals surface area contributed by atoms with Gasteiger partial charge >= 0.3 is 18.2 Å². The van der Waals surface area contributed by atoms with Crippen molar-refractivity contribution in [2.45, 2.75) is 109 Å². The number of amides is 4. The summed E-state index contributed by atoms with van der Waals surface area (Å²) in [6.07, 6.45) is -1.58. The monoisotopic (exact) mass is 829 g/mol. The summed E-state index contributed by atoms with van der Waals surface area (Å²) >= 11 is 0.998. The molecule has 0 unspecified atom stereocenters. The van der Waals surface area contributed by atoms with E-state index in [1.54, 1.807) is 48.5 Å². The first-order valence-electron chi connectivity index (χ1n) is 18.9. The van der Waals surface area contributed by atoms with Gasteiger partial charge in [-0.3, -0.25) is 14.9 Å². The van der Waals surface area contributed by atoms with Gasteiger partial charge in [-0.05, 0) is 59.6 Å². The maximum atomic E-state index is 14.0. The zero-order chi connectivity index (χ0) is 42.5. The number of aryl methyl sites for hydroxylation is 1. The van der Waals surface area contributed by atoms with Crippen LogP contribution in [0.15, 0.2) is 71.2 Å². The van der Waals surface area contributed by atoms with Gasteiger partial charge in [-0.15, -0.1) is 11.3 Å². The summed E-state index contributed by atoms with van der Waals surface area (Å²) < 4.78 is 16.7. The molecule has 2 aromatic heterocycles. The molecule has 59 heavy (non-hydrogen) atoms. The van der Waals surface area contributed by atoms with Crippen molar-refractivity contribution in [3.63, 3.8) is 0 Å². The van der Waals surface area contributed by atoms with Crippen molar-refractivity contribution in [1.29, 1.82) is 0 Å². The van der Waals surface area contributed by atoms with Crippen LogP contribution in [0.1, 0.15) is 88.7 Å². The van der Waals surface area contributed by atoms with Crippen molar-refractivity contribution < 1.29 is 43.0 Å². The van der Waals surface area contributed by atoms with Gasteiger partial charge in [-0.1, -0.05) is 65.8 Å². The molecule has 312 valence electrons. The normalized spacial score (nSPS) is 17.2. The fourth-order valence-electron chi connectivity index (χ4n) is 5.74. The van der Waals surface area contributed by atoms with E-state index in [2.05, 4.69) is 41.6 Å². The number of ether oxygens (including phenoxy) is 3. The summed E-state index contributed by atoms with van der Waals surface area (Å²) in [5, 5.41) is 25.2. The smallest absolute Gasteiger partial charge is 0.413 e.